The highest BCUT2D eigenvalue weighted by molar-refractivity contribution is 6.32. The van der Waals surface area contributed by atoms with E-state index in [0.29, 0.717) is 6.54 Å². The van der Waals surface area contributed by atoms with E-state index in [1.165, 1.54) is 6.07 Å². The maximum Gasteiger partial charge on any atom is 0.573 e. The van der Waals surface area contributed by atoms with Crippen molar-refractivity contribution in [3.63, 3.8) is 0 Å². The molecule has 2 heterocycles. The van der Waals surface area contributed by atoms with Crippen molar-refractivity contribution in [2.75, 3.05) is 19.6 Å². The van der Waals surface area contributed by atoms with Crippen molar-refractivity contribution in [1.29, 1.82) is 0 Å². The quantitative estimate of drug-likeness (QED) is 0.719. The molecule has 1 aromatic carbocycles. The second kappa shape index (κ2) is 8.33. The van der Waals surface area contributed by atoms with Crippen LogP contribution in [0.3, 0.4) is 0 Å². The third kappa shape index (κ3) is 4.80. The smallest absolute Gasteiger partial charge is 0.404 e. The van der Waals surface area contributed by atoms with Gasteiger partial charge in [-0.2, -0.15) is 0 Å². The van der Waals surface area contributed by atoms with Gasteiger partial charge in [-0.25, -0.2) is 0 Å². The average molecular weight is 448 g/mol. The summed E-state index contributed by atoms with van der Waals surface area (Å²) in [5, 5.41) is 2.24. The summed E-state index contributed by atoms with van der Waals surface area (Å²) >= 11 is 5.85. The Hall–Kier alpha value is -2.49. The predicted molar refractivity (Wildman–Crippen MR) is 101 cm³/mol. The Morgan fingerprint density at radius 1 is 1.27 bits per heavy atom. The molecule has 2 atom stereocenters. The number of alkyl halides is 3. The molecule has 0 radical (unpaired) electrons. The van der Waals surface area contributed by atoms with E-state index >= 15 is 0 Å². The summed E-state index contributed by atoms with van der Waals surface area (Å²) in [7, 11) is 0. The molecule has 3 amide bonds. The van der Waals surface area contributed by atoms with Gasteiger partial charge in [-0.15, -0.1) is 13.2 Å². The molecule has 7 nitrogen and oxygen atoms in total. The number of carbonyl (C=O) groups excluding carboxylic acids is 3. The zero-order valence-electron chi connectivity index (χ0n) is 16.3. The Morgan fingerprint density at radius 2 is 1.93 bits per heavy atom. The lowest BCUT2D eigenvalue weighted by Crippen LogP contribution is -2.65. The van der Waals surface area contributed by atoms with Crippen LogP contribution in [0.15, 0.2) is 18.2 Å². The van der Waals surface area contributed by atoms with Crippen LogP contribution in [0.25, 0.3) is 0 Å². The van der Waals surface area contributed by atoms with Crippen molar-refractivity contribution < 1.29 is 32.3 Å². The van der Waals surface area contributed by atoms with Gasteiger partial charge in [0.15, 0.2) is 0 Å². The van der Waals surface area contributed by atoms with E-state index < -0.39 is 24.1 Å². The van der Waals surface area contributed by atoms with Gasteiger partial charge >= 0.3 is 6.36 Å². The molecule has 0 aromatic heterocycles. The molecule has 1 N–H and O–H groups in total. The Bertz CT molecular complexity index is 854. The molecule has 2 saturated heterocycles. The maximum atomic E-state index is 12.9. The van der Waals surface area contributed by atoms with Crippen LogP contribution in [0, 0.1) is 5.92 Å². The number of rotatable bonds is 4. The molecule has 164 valence electrons. The molecule has 3 rings (SSSR count). The first-order chi connectivity index (χ1) is 14.0. The second-order valence-electron chi connectivity index (χ2n) is 7.61. The van der Waals surface area contributed by atoms with Gasteiger partial charge in [0.25, 0.3) is 5.91 Å². The minimum Gasteiger partial charge on any atom is -0.404 e. The number of amides is 3. The van der Waals surface area contributed by atoms with Gasteiger partial charge in [-0.1, -0.05) is 25.4 Å². The minimum atomic E-state index is -4.89. The number of nitrogens with zero attached hydrogens (tertiary/aromatic N) is 2. The second-order valence-corrected chi connectivity index (χ2v) is 8.02. The van der Waals surface area contributed by atoms with Crippen molar-refractivity contribution >= 4 is 29.3 Å². The third-order valence-electron chi connectivity index (χ3n) is 5.19. The highest BCUT2D eigenvalue weighted by atomic mass is 35.5. The summed E-state index contributed by atoms with van der Waals surface area (Å²) in [5.41, 5.74) is 0.128. The Morgan fingerprint density at radius 3 is 2.47 bits per heavy atom. The number of hydrogen-bond acceptors (Lipinski definition) is 4. The molecule has 0 saturated carbocycles. The molecule has 0 bridgehead atoms. The van der Waals surface area contributed by atoms with Crippen LogP contribution in [-0.2, 0) is 9.59 Å². The van der Waals surface area contributed by atoms with Crippen LogP contribution in [-0.4, -0.2) is 65.6 Å². The van der Waals surface area contributed by atoms with Crippen LogP contribution in [0.1, 0.15) is 30.6 Å². The number of β-lactam (4-membered cyclic amide) rings is 1. The molecular weight excluding hydrogens is 427 g/mol. The van der Waals surface area contributed by atoms with E-state index in [-0.39, 0.29) is 53.9 Å². The Labute approximate surface area is 176 Å². The normalized spacial score (nSPS) is 21.9. The molecule has 0 spiro atoms. The molecule has 1 unspecified atom stereocenters. The highest BCUT2D eigenvalue weighted by Gasteiger charge is 2.41. The van der Waals surface area contributed by atoms with Gasteiger partial charge in [-0.3, -0.25) is 14.4 Å². The zero-order chi connectivity index (χ0) is 22.2. The molecule has 0 aliphatic carbocycles. The molecular formula is C19H21ClF3N3O4. The number of carbonyl (C=O) groups is 3. The van der Waals surface area contributed by atoms with Gasteiger partial charge in [0, 0.05) is 25.2 Å². The monoisotopic (exact) mass is 447 g/mol. The SMILES string of the molecule is CC(C)[C@H]1CN(C(=O)c2ccc(OC(F)(F)F)c(Cl)c2)CCN1C(=O)C1CC(=O)N1. The number of piperazine rings is 1. The summed E-state index contributed by atoms with van der Waals surface area (Å²) in [6.07, 6.45) is -4.73. The van der Waals surface area contributed by atoms with Crippen LogP contribution in [0.5, 0.6) is 5.75 Å². The Balaban J connectivity index is 1.71. The number of nitrogens with one attached hydrogen (secondary N) is 1. The first-order valence-electron chi connectivity index (χ1n) is 9.40. The van der Waals surface area contributed by atoms with Crippen molar-refractivity contribution in [3.05, 3.63) is 28.8 Å². The molecule has 1 aromatic rings. The minimum absolute atomic E-state index is 0.0477. The lowest BCUT2D eigenvalue weighted by atomic mass is 9.96. The van der Waals surface area contributed by atoms with E-state index in [0.717, 1.165) is 12.1 Å². The highest BCUT2D eigenvalue weighted by Crippen LogP contribution is 2.31. The Kier molecular flexibility index (Phi) is 6.16. The van der Waals surface area contributed by atoms with E-state index in [1.54, 1.807) is 9.80 Å². The fraction of sp³-hybridized carbons (Fsp3) is 0.526. The fourth-order valence-corrected chi connectivity index (χ4v) is 3.79. The van der Waals surface area contributed by atoms with Crippen molar-refractivity contribution in [2.24, 2.45) is 5.92 Å². The van der Waals surface area contributed by atoms with E-state index in [1.807, 2.05) is 13.8 Å². The summed E-state index contributed by atoms with van der Waals surface area (Å²) in [6.45, 7) is 4.67. The van der Waals surface area contributed by atoms with E-state index in [4.69, 9.17) is 11.6 Å². The van der Waals surface area contributed by atoms with Crippen molar-refractivity contribution in [3.8, 4) is 5.75 Å². The lowest BCUT2D eigenvalue weighted by molar-refractivity contribution is -0.274. The van der Waals surface area contributed by atoms with E-state index in [9.17, 15) is 27.6 Å². The summed E-state index contributed by atoms with van der Waals surface area (Å²) < 4.78 is 41.0. The molecule has 2 aliphatic rings. The van der Waals surface area contributed by atoms with Crippen molar-refractivity contribution in [2.45, 2.75) is 38.7 Å². The summed E-state index contributed by atoms with van der Waals surface area (Å²) in [6, 6.07) is 2.58. The number of benzene rings is 1. The zero-order valence-corrected chi connectivity index (χ0v) is 17.1. The number of halogens is 4. The molecule has 30 heavy (non-hydrogen) atoms. The van der Waals surface area contributed by atoms with Crippen LogP contribution in [0.2, 0.25) is 5.02 Å². The molecule has 2 fully saturated rings. The standard InChI is InChI=1S/C19H21ClF3N3O4/c1-10(2)14-9-25(5-6-26(14)18(29)13-8-16(27)24-13)17(28)11-3-4-15(12(20)7-11)30-19(21,22)23/h3-4,7,10,13-14H,5-6,8-9H2,1-2H3,(H,24,27)/t13?,14-/m1/s1. The van der Waals surface area contributed by atoms with E-state index in [2.05, 4.69) is 10.1 Å². The topological polar surface area (TPSA) is 79.0 Å². The molecule has 11 heteroatoms. The van der Waals surface area contributed by atoms with Gasteiger partial charge in [0.1, 0.15) is 11.8 Å². The fourth-order valence-electron chi connectivity index (χ4n) is 3.57. The largest absolute Gasteiger partial charge is 0.573 e. The summed E-state index contributed by atoms with van der Waals surface area (Å²) in [5.74, 6) is -1.27. The number of hydrogen-bond donors (Lipinski definition) is 1. The molecule has 2 aliphatic heterocycles. The number of ether oxygens (including phenoxy) is 1. The van der Waals surface area contributed by atoms with Crippen LogP contribution >= 0.6 is 11.6 Å². The lowest BCUT2D eigenvalue weighted by Gasteiger charge is -2.45. The van der Waals surface area contributed by atoms with Gasteiger partial charge in [0.2, 0.25) is 11.8 Å². The van der Waals surface area contributed by atoms with Gasteiger partial charge in [-0.05, 0) is 24.1 Å². The van der Waals surface area contributed by atoms with Crippen LogP contribution < -0.4 is 10.1 Å². The summed E-state index contributed by atoms with van der Waals surface area (Å²) in [4.78, 5) is 39.9. The van der Waals surface area contributed by atoms with Gasteiger partial charge < -0.3 is 19.9 Å². The van der Waals surface area contributed by atoms with Crippen LogP contribution in [0.4, 0.5) is 13.2 Å². The third-order valence-corrected chi connectivity index (χ3v) is 5.48. The van der Waals surface area contributed by atoms with Crippen molar-refractivity contribution in [1.82, 2.24) is 15.1 Å². The maximum absolute atomic E-state index is 12.9. The van der Waals surface area contributed by atoms with Gasteiger partial charge in [0.05, 0.1) is 17.5 Å². The first kappa shape index (κ1) is 22.2. The first-order valence-corrected chi connectivity index (χ1v) is 9.78. The predicted octanol–water partition coefficient (Wildman–Crippen LogP) is 2.44. The average Bonchev–Trinajstić information content (AvgIpc) is 2.64.